The van der Waals surface area contributed by atoms with Crippen LogP contribution in [0.5, 0.6) is 0 Å². The summed E-state index contributed by atoms with van der Waals surface area (Å²) in [4.78, 5) is 22.9. The Balaban J connectivity index is 1.74. The number of rotatable bonds is 6. The van der Waals surface area contributed by atoms with E-state index < -0.39 is 17.0 Å². The van der Waals surface area contributed by atoms with Gasteiger partial charge >= 0.3 is 5.97 Å². The maximum absolute atomic E-state index is 12.5. The molecule has 7 nitrogen and oxygen atoms in total. The number of ether oxygens (including phenoxy) is 1. The van der Waals surface area contributed by atoms with Crippen LogP contribution in [0.1, 0.15) is 35.5 Å². The molecule has 0 aliphatic heterocycles. The molecule has 0 aliphatic rings. The van der Waals surface area contributed by atoms with Crippen LogP contribution in [0.2, 0.25) is 0 Å². The van der Waals surface area contributed by atoms with Gasteiger partial charge in [-0.2, -0.15) is 5.10 Å². The molecule has 28 heavy (non-hydrogen) atoms. The van der Waals surface area contributed by atoms with Crippen LogP contribution in [0.3, 0.4) is 0 Å². The van der Waals surface area contributed by atoms with Crippen LogP contribution in [0.15, 0.2) is 54.6 Å². The van der Waals surface area contributed by atoms with Gasteiger partial charge in [-0.1, -0.05) is 30.3 Å². The first-order valence-electron chi connectivity index (χ1n) is 8.91. The summed E-state index contributed by atoms with van der Waals surface area (Å²) in [7, 11) is 0. The summed E-state index contributed by atoms with van der Waals surface area (Å²) in [6, 6.07) is 15.8. The number of non-ortho nitro benzene ring substituents is 1. The van der Waals surface area contributed by atoms with Gasteiger partial charge < -0.3 is 4.74 Å². The van der Waals surface area contributed by atoms with Crippen molar-refractivity contribution < 1.29 is 14.5 Å². The Kier molecular flexibility index (Phi) is 5.54. The Morgan fingerprint density at radius 3 is 2.57 bits per heavy atom. The summed E-state index contributed by atoms with van der Waals surface area (Å²) in [5.41, 5.74) is 3.94. The van der Waals surface area contributed by atoms with Gasteiger partial charge in [-0.05, 0) is 38.5 Å². The molecular formula is C21H21N3O4. The monoisotopic (exact) mass is 379 g/mol. The van der Waals surface area contributed by atoms with Crippen molar-refractivity contribution in [1.82, 2.24) is 9.78 Å². The highest BCUT2D eigenvalue weighted by atomic mass is 16.6. The number of carbonyl (C=O) groups is 1. The van der Waals surface area contributed by atoms with Crippen molar-refractivity contribution in [2.75, 3.05) is 0 Å². The molecule has 0 radical (unpaired) electrons. The van der Waals surface area contributed by atoms with E-state index in [9.17, 15) is 14.9 Å². The summed E-state index contributed by atoms with van der Waals surface area (Å²) in [5.74, 6) is -0.405. The molecule has 1 aromatic heterocycles. The van der Waals surface area contributed by atoms with Crippen LogP contribution in [0, 0.1) is 24.0 Å². The van der Waals surface area contributed by atoms with Gasteiger partial charge in [0.25, 0.3) is 5.69 Å². The van der Waals surface area contributed by atoms with E-state index in [1.165, 1.54) is 12.1 Å². The zero-order valence-corrected chi connectivity index (χ0v) is 16.0. The Bertz CT molecular complexity index is 1010. The van der Waals surface area contributed by atoms with Crippen molar-refractivity contribution in [3.63, 3.8) is 0 Å². The molecule has 3 rings (SSSR count). The van der Waals surface area contributed by atoms with Crippen LogP contribution in [-0.4, -0.2) is 20.7 Å². The summed E-state index contributed by atoms with van der Waals surface area (Å²) in [5, 5.41) is 15.5. The van der Waals surface area contributed by atoms with E-state index in [4.69, 9.17) is 4.74 Å². The summed E-state index contributed by atoms with van der Waals surface area (Å²) in [6.07, 6.45) is -0.499. The number of benzene rings is 2. The van der Waals surface area contributed by atoms with Crippen LogP contribution < -0.4 is 0 Å². The van der Waals surface area contributed by atoms with Crippen molar-refractivity contribution >= 4 is 11.7 Å². The normalized spacial score (nSPS) is 11.8. The quantitative estimate of drug-likeness (QED) is 0.363. The third kappa shape index (κ3) is 4.09. The predicted molar refractivity (Wildman–Crippen MR) is 104 cm³/mol. The molecule has 1 atom stereocenters. The second kappa shape index (κ2) is 8.04. The first kappa shape index (κ1) is 19.3. The average molecular weight is 379 g/mol. The Morgan fingerprint density at radius 2 is 1.89 bits per heavy atom. The van der Waals surface area contributed by atoms with E-state index in [2.05, 4.69) is 5.10 Å². The zero-order valence-electron chi connectivity index (χ0n) is 16.0. The molecule has 0 N–H and O–H groups in total. The van der Waals surface area contributed by atoms with Gasteiger partial charge in [0.05, 0.1) is 22.7 Å². The molecular weight excluding hydrogens is 358 g/mol. The van der Waals surface area contributed by atoms with Crippen molar-refractivity contribution in [2.24, 2.45) is 0 Å². The van der Waals surface area contributed by atoms with E-state index in [1.807, 2.05) is 48.9 Å². The molecule has 0 saturated carbocycles. The third-order valence-electron chi connectivity index (χ3n) is 4.62. The number of aromatic nitrogens is 2. The maximum Gasteiger partial charge on any atom is 0.310 e. The number of para-hydroxylation sites is 1. The second-order valence-corrected chi connectivity index (χ2v) is 6.56. The fourth-order valence-corrected chi connectivity index (χ4v) is 3.09. The van der Waals surface area contributed by atoms with Crippen LogP contribution in [-0.2, 0) is 16.0 Å². The van der Waals surface area contributed by atoms with E-state index in [0.29, 0.717) is 5.56 Å². The molecule has 0 unspecified atom stereocenters. The lowest BCUT2D eigenvalue weighted by molar-refractivity contribution is -0.385. The average Bonchev–Trinajstić information content (AvgIpc) is 2.97. The van der Waals surface area contributed by atoms with E-state index in [-0.39, 0.29) is 12.1 Å². The number of carbonyl (C=O) groups excluding carboxylic acids is 1. The molecule has 7 heteroatoms. The number of aryl methyl sites for hydroxylation is 1. The molecule has 1 heterocycles. The summed E-state index contributed by atoms with van der Waals surface area (Å²) < 4.78 is 7.31. The lowest BCUT2D eigenvalue weighted by Crippen LogP contribution is -2.12. The second-order valence-electron chi connectivity index (χ2n) is 6.56. The van der Waals surface area contributed by atoms with E-state index >= 15 is 0 Å². The number of esters is 1. The molecule has 144 valence electrons. The highest BCUT2D eigenvalue weighted by Crippen LogP contribution is 2.23. The third-order valence-corrected chi connectivity index (χ3v) is 4.62. The number of nitrogens with zero attached hydrogens (tertiary/aromatic N) is 3. The lowest BCUT2D eigenvalue weighted by Gasteiger charge is -2.13. The first-order valence-corrected chi connectivity index (χ1v) is 8.91. The predicted octanol–water partition coefficient (Wildman–Crippen LogP) is 4.24. The molecule has 0 saturated heterocycles. The van der Waals surface area contributed by atoms with Gasteiger partial charge in [0.15, 0.2) is 0 Å². The standard InChI is InChI=1S/C21H21N3O4/c1-14-20(15(2)23(22-14)18-9-5-4-6-10-18)13-21(25)28-16(3)17-8-7-11-19(12-17)24(26)27/h4-12,16H,13H2,1-3H3/t16-/m0/s1. The van der Waals surface area contributed by atoms with Gasteiger partial charge in [0, 0.05) is 23.4 Å². The molecule has 0 bridgehead atoms. The minimum atomic E-state index is -0.586. The van der Waals surface area contributed by atoms with Gasteiger partial charge in [-0.3, -0.25) is 14.9 Å². The highest BCUT2D eigenvalue weighted by Gasteiger charge is 2.19. The number of nitro benzene ring substituents is 1. The summed E-state index contributed by atoms with van der Waals surface area (Å²) >= 11 is 0. The van der Waals surface area contributed by atoms with Gasteiger partial charge in [-0.15, -0.1) is 0 Å². The van der Waals surface area contributed by atoms with Crippen LogP contribution in [0.4, 0.5) is 5.69 Å². The minimum Gasteiger partial charge on any atom is -0.458 e. The van der Waals surface area contributed by atoms with Gasteiger partial charge in [0.1, 0.15) is 6.10 Å². The Labute approximate surface area is 162 Å². The van der Waals surface area contributed by atoms with Crippen molar-refractivity contribution in [3.05, 3.63) is 87.2 Å². The van der Waals surface area contributed by atoms with E-state index in [1.54, 1.807) is 19.1 Å². The smallest absolute Gasteiger partial charge is 0.310 e. The molecule has 0 fully saturated rings. The molecule has 3 aromatic rings. The largest absolute Gasteiger partial charge is 0.458 e. The number of hydrogen-bond acceptors (Lipinski definition) is 5. The number of nitro groups is 1. The van der Waals surface area contributed by atoms with Crippen molar-refractivity contribution in [3.8, 4) is 5.69 Å². The van der Waals surface area contributed by atoms with Gasteiger partial charge in [0.2, 0.25) is 0 Å². The molecule has 0 aliphatic carbocycles. The SMILES string of the molecule is Cc1nn(-c2ccccc2)c(C)c1CC(=O)O[C@@H](C)c1cccc([N+](=O)[O-])c1. The number of hydrogen-bond donors (Lipinski definition) is 0. The molecule has 0 amide bonds. The molecule has 0 spiro atoms. The fraction of sp³-hybridized carbons (Fsp3) is 0.238. The van der Waals surface area contributed by atoms with E-state index in [0.717, 1.165) is 22.6 Å². The minimum absolute atomic E-state index is 0.0313. The Morgan fingerprint density at radius 1 is 1.18 bits per heavy atom. The first-order chi connectivity index (χ1) is 13.4. The topological polar surface area (TPSA) is 87.3 Å². The highest BCUT2D eigenvalue weighted by molar-refractivity contribution is 5.73. The summed E-state index contributed by atoms with van der Waals surface area (Å²) in [6.45, 7) is 5.47. The van der Waals surface area contributed by atoms with Crippen molar-refractivity contribution in [1.29, 1.82) is 0 Å². The fourth-order valence-electron chi connectivity index (χ4n) is 3.09. The van der Waals surface area contributed by atoms with Crippen LogP contribution >= 0.6 is 0 Å². The zero-order chi connectivity index (χ0) is 20.3. The van der Waals surface area contributed by atoms with Crippen molar-refractivity contribution in [2.45, 2.75) is 33.3 Å². The lowest BCUT2D eigenvalue weighted by atomic mass is 10.1. The maximum atomic E-state index is 12.5. The van der Waals surface area contributed by atoms with Gasteiger partial charge in [-0.25, -0.2) is 4.68 Å². The Hall–Kier alpha value is -3.48. The molecule has 2 aromatic carbocycles. The van der Waals surface area contributed by atoms with Crippen LogP contribution in [0.25, 0.3) is 5.69 Å².